The summed E-state index contributed by atoms with van der Waals surface area (Å²) >= 11 is 0. The first-order valence-electron chi connectivity index (χ1n) is 8.53. The van der Waals surface area contributed by atoms with E-state index in [1.165, 1.54) is 0 Å². The lowest BCUT2D eigenvalue weighted by Gasteiger charge is -2.44. The summed E-state index contributed by atoms with van der Waals surface area (Å²) in [5.41, 5.74) is 0.237. The van der Waals surface area contributed by atoms with E-state index < -0.39 is 18.7 Å². The molecule has 7 heteroatoms. The molecule has 0 saturated carbocycles. The van der Waals surface area contributed by atoms with Gasteiger partial charge in [0.25, 0.3) is 0 Å². The summed E-state index contributed by atoms with van der Waals surface area (Å²) < 4.78 is 36.9. The second-order valence-corrected chi connectivity index (χ2v) is 7.66. The molecule has 1 N–H and O–H groups in total. The summed E-state index contributed by atoms with van der Waals surface area (Å²) in [5.74, 6) is 0. The van der Waals surface area contributed by atoms with Crippen LogP contribution in [0.1, 0.15) is 26.2 Å². The van der Waals surface area contributed by atoms with E-state index in [4.69, 9.17) is 0 Å². The van der Waals surface area contributed by atoms with Gasteiger partial charge >= 0.3 is 6.18 Å². The lowest BCUT2D eigenvalue weighted by Crippen LogP contribution is -2.51. The smallest absolute Gasteiger partial charge is 0.391 e. The van der Waals surface area contributed by atoms with Crippen LogP contribution in [0.15, 0.2) is 0 Å². The Morgan fingerprint density at radius 1 is 1.00 bits per heavy atom. The number of rotatable bonds is 5. The van der Waals surface area contributed by atoms with Crippen LogP contribution in [0.4, 0.5) is 13.2 Å². The topological polar surface area (TPSA) is 30.0 Å². The summed E-state index contributed by atoms with van der Waals surface area (Å²) in [6.45, 7) is 9.44. The summed E-state index contributed by atoms with van der Waals surface area (Å²) in [6, 6.07) is 0. The first-order chi connectivity index (χ1) is 10.7. The van der Waals surface area contributed by atoms with Gasteiger partial charge in [-0.25, -0.2) is 0 Å². The van der Waals surface area contributed by atoms with Gasteiger partial charge in [-0.05, 0) is 38.4 Å². The van der Waals surface area contributed by atoms with Crippen molar-refractivity contribution in [3.63, 3.8) is 0 Å². The predicted molar refractivity (Wildman–Crippen MR) is 84.4 cm³/mol. The molecule has 0 spiro atoms. The number of likely N-dealkylation sites (N-methyl/N-ethyl adjacent to an activating group) is 1. The van der Waals surface area contributed by atoms with Crippen LogP contribution in [0.25, 0.3) is 0 Å². The van der Waals surface area contributed by atoms with Gasteiger partial charge in [-0.15, -0.1) is 0 Å². The van der Waals surface area contributed by atoms with Gasteiger partial charge < -0.3 is 19.8 Å². The van der Waals surface area contributed by atoms with Crippen LogP contribution in [0.2, 0.25) is 0 Å². The number of piperidine rings is 1. The highest BCUT2D eigenvalue weighted by atomic mass is 19.4. The van der Waals surface area contributed by atoms with Crippen LogP contribution >= 0.6 is 0 Å². The summed E-state index contributed by atoms with van der Waals surface area (Å²) in [5, 5.41) is 9.58. The molecule has 0 bridgehead atoms. The van der Waals surface area contributed by atoms with Crippen LogP contribution in [-0.2, 0) is 0 Å². The van der Waals surface area contributed by atoms with Gasteiger partial charge in [-0.1, -0.05) is 6.92 Å². The molecule has 0 radical (unpaired) electrons. The Hall–Kier alpha value is -0.370. The van der Waals surface area contributed by atoms with Crippen molar-refractivity contribution in [2.45, 2.75) is 38.5 Å². The zero-order chi connectivity index (χ0) is 17.1. The molecule has 2 saturated heterocycles. The summed E-state index contributed by atoms with van der Waals surface area (Å²) in [7, 11) is 2.14. The molecule has 0 aromatic heterocycles. The van der Waals surface area contributed by atoms with Crippen molar-refractivity contribution in [1.29, 1.82) is 0 Å². The molecule has 2 fully saturated rings. The van der Waals surface area contributed by atoms with Crippen LogP contribution in [0.3, 0.4) is 0 Å². The number of piperazine rings is 1. The summed E-state index contributed by atoms with van der Waals surface area (Å²) in [4.78, 5) is 6.82. The second kappa shape index (κ2) is 7.68. The minimum Gasteiger partial charge on any atom is -0.391 e. The van der Waals surface area contributed by atoms with E-state index in [0.717, 1.165) is 58.7 Å². The highest BCUT2D eigenvalue weighted by Crippen LogP contribution is 2.32. The molecule has 2 aliphatic rings. The van der Waals surface area contributed by atoms with Gasteiger partial charge in [0.15, 0.2) is 0 Å². The fraction of sp³-hybridized carbons (Fsp3) is 1.00. The number of halogens is 3. The van der Waals surface area contributed by atoms with Gasteiger partial charge in [0.1, 0.15) is 0 Å². The van der Waals surface area contributed by atoms with Crippen molar-refractivity contribution >= 4 is 0 Å². The van der Waals surface area contributed by atoms with E-state index in [0.29, 0.717) is 0 Å². The average molecular weight is 337 g/mol. The lowest BCUT2D eigenvalue weighted by molar-refractivity contribution is -0.155. The van der Waals surface area contributed by atoms with Gasteiger partial charge in [-0.2, -0.15) is 13.2 Å². The molecule has 1 atom stereocenters. The molecular formula is C16H30F3N3O. The van der Waals surface area contributed by atoms with Gasteiger partial charge in [-0.3, -0.25) is 0 Å². The third-order valence-electron chi connectivity index (χ3n) is 5.20. The Kier molecular flexibility index (Phi) is 6.33. The monoisotopic (exact) mass is 337 g/mol. The maximum absolute atomic E-state index is 12.3. The van der Waals surface area contributed by atoms with Gasteiger partial charge in [0.2, 0.25) is 0 Å². The number of likely N-dealkylation sites (tertiary alicyclic amines) is 1. The molecule has 0 unspecified atom stereocenters. The molecule has 0 aromatic carbocycles. The maximum atomic E-state index is 12.3. The average Bonchev–Trinajstić information content (AvgIpc) is 2.42. The number of aliphatic hydroxyl groups is 1. The molecule has 0 aromatic rings. The SMILES string of the molecule is CN1CCN(CC2(C)CCN(C[C@H](O)CC(F)(F)F)CC2)CC1. The Morgan fingerprint density at radius 2 is 1.57 bits per heavy atom. The van der Waals surface area contributed by atoms with Crippen molar-refractivity contribution in [1.82, 2.24) is 14.7 Å². The lowest BCUT2D eigenvalue weighted by atomic mass is 9.79. The van der Waals surface area contributed by atoms with Crippen LogP contribution in [0, 0.1) is 5.41 Å². The van der Waals surface area contributed by atoms with Gasteiger partial charge in [0, 0.05) is 39.3 Å². The fourth-order valence-electron chi connectivity index (χ4n) is 3.61. The fourth-order valence-corrected chi connectivity index (χ4v) is 3.61. The highest BCUT2D eigenvalue weighted by molar-refractivity contribution is 4.87. The Balaban J connectivity index is 1.72. The van der Waals surface area contributed by atoms with Crippen LogP contribution in [0.5, 0.6) is 0 Å². The molecule has 0 amide bonds. The van der Waals surface area contributed by atoms with Crippen molar-refractivity contribution in [3.8, 4) is 0 Å². The molecule has 23 heavy (non-hydrogen) atoms. The van der Waals surface area contributed by atoms with E-state index in [9.17, 15) is 18.3 Å². The van der Waals surface area contributed by atoms with Gasteiger partial charge in [0.05, 0.1) is 12.5 Å². The third-order valence-corrected chi connectivity index (χ3v) is 5.20. The third kappa shape index (κ3) is 6.57. The molecule has 0 aliphatic carbocycles. The van der Waals surface area contributed by atoms with E-state index in [-0.39, 0.29) is 12.0 Å². The van der Waals surface area contributed by atoms with Crippen LogP contribution < -0.4 is 0 Å². The molecule has 2 aliphatic heterocycles. The van der Waals surface area contributed by atoms with Crippen molar-refractivity contribution in [3.05, 3.63) is 0 Å². The first-order valence-corrected chi connectivity index (χ1v) is 8.53. The Labute approximate surface area is 137 Å². The van der Waals surface area contributed by atoms with E-state index >= 15 is 0 Å². The van der Waals surface area contributed by atoms with Crippen molar-refractivity contribution < 1.29 is 18.3 Å². The normalized spacial score (nSPS) is 26.3. The zero-order valence-corrected chi connectivity index (χ0v) is 14.3. The van der Waals surface area contributed by atoms with Crippen molar-refractivity contribution in [2.24, 2.45) is 5.41 Å². The quantitative estimate of drug-likeness (QED) is 0.826. The molecular weight excluding hydrogens is 307 g/mol. The number of β-amino-alcohol motifs (C(OH)–C–C–N with tert-alkyl or cyclic N) is 1. The van der Waals surface area contributed by atoms with E-state index in [2.05, 4.69) is 23.8 Å². The molecule has 136 valence electrons. The summed E-state index contributed by atoms with van der Waals surface area (Å²) in [6.07, 6.45) is -4.74. The maximum Gasteiger partial charge on any atom is 0.391 e. The van der Waals surface area contributed by atoms with Crippen molar-refractivity contribution in [2.75, 3.05) is 59.4 Å². The minimum atomic E-state index is -4.29. The number of hydrogen-bond acceptors (Lipinski definition) is 4. The zero-order valence-electron chi connectivity index (χ0n) is 14.3. The number of aliphatic hydroxyl groups excluding tert-OH is 1. The number of alkyl halides is 3. The van der Waals surface area contributed by atoms with Crippen LogP contribution in [-0.4, -0.2) is 91.5 Å². The first kappa shape index (κ1) is 19.0. The number of hydrogen-bond donors (Lipinski definition) is 1. The van der Waals surface area contributed by atoms with E-state index in [1.807, 2.05) is 4.90 Å². The predicted octanol–water partition coefficient (Wildman–Crippen LogP) is 1.65. The number of nitrogens with zero attached hydrogens (tertiary/aromatic N) is 3. The highest BCUT2D eigenvalue weighted by Gasteiger charge is 2.35. The standard InChI is InChI=1S/C16H30F3N3O/c1-15(13-22-9-7-20(2)8-10-22)3-5-21(6-4-15)12-14(23)11-16(17,18)19/h14,23H,3-13H2,1-2H3/t14-/m1/s1. The Morgan fingerprint density at radius 3 is 2.09 bits per heavy atom. The Bertz CT molecular complexity index is 362. The van der Waals surface area contributed by atoms with E-state index in [1.54, 1.807) is 0 Å². The molecule has 2 rings (SSSR count). The molecule has 2 heterocycles. The largest absolute Gasteiger partial charge is 0.391 e. The molecule has 4 nitrogen and oxygen atoms in total. The minimum absolute atomic E-state index is 0.129. The second-order valence-electron chi connectivity index (χ2n) is 7.66.